The molecule has 4 rings (SSSR count). The van der Waals surface area contributed by atoms with E-state index in [1.54, 1.807) is 34.6 Å². The smallest absolute Gasteiger partial charge is 0.424 e. The van der Waals surface area contributed by atoms with Crippen LogP contribution in [-0.2, 0) is 22.1 Å². The number of nitrogens with zero attached hydrogens (tertiary/aromatic N) is 1. The Morgan fingerprint density at radius 3 is 2.45 bits per heavy atom. The lowest BCUT2D eigenvalue weighted by atomic mass is 9.81. The van der Waals surface area contributed by atoms with Crippen LogP contribution in [0.15, 0.2) is 24.3 Å². The molecule has 1 amide bonds. The fourth-order valence-electron chi connectivity index (χ4n) is 4.36. The molecule has 1 aliphatic heterocycles. The summed E-state index contributed by atoms with van der Waals surface area (Å²) in [5.74, 6) is -0.517. The standard InChI is InChI=1S/C28H35ClF3N3O6S/c1-15(2)26(35-42(38)25(3,4)5)14-40-22-18(26)12-21(34-23(22)29)27(37,28(30,31)32)13-33-24(36)16-7-10-19(20(11-16)39-6)41-17-8-9-17/h7,10-12,15,17,35,37H,8-9,13-14H2,1-6H3,(H,33,36). The highest BCUT2D eigenvalue weighted by Crippen LogP contribution is 2.48. The van der Waals surface area contributed by atoms with Crippen LogP contribution in [0.25, 0.3) is 0 Å². The summed E-state index contributed by atoms with van der Waals surface area (Å²) in [7, 11) is -0.252. The number of halogens is 4. The maximum absolute atomic E-state index is 14.5. The first-order chi connectivity index (χ1) is 19.4. The van der Waals surface area contributed by atoms with Gasteiger partial charge in [-0.15, -0.1) is 0 Å². The minimum Gasteiger partial charge on any atom is -0.493 e. The first kappa shape index (κ1) is 32.3. The van der Waals surface area contributed by atoms with Crippen LogP contribution in [0.2, 0.25) is 5.15 Å². The Balaban J connectivity index is 1.67. The zero-order valence-electron chi connectivity index (χ0n) is 24.1. The Bertz CT molecular complexity index is 1380. The van der Waals surface area contributed by atoms with Crippen molar-refractivity contribution in [2.45, 2.75) is 75.6 Å². The normalized spacial score (nSPS) is 20.9. The molecule has 3 N–H and O–H groups in total. The largest absolute Gasteiger partial charge is 0.493 e. The Labute approximate surface area is 250 Å². The number of fused-ring (bicyclic) bond motifs is 1. The van der Waals surface area contributed by atoms with E-state index in [2.05, 4.69) is 15.0 Å². The van der Waals surface area contributed by atoms with Gasteiger partial charge in [-0.05, 0) is 63.8 Å². The molecule has 232 valence electrons. The summed E-state index contributed by atoms with van der Waals surface area (Å²) in [6, 6.07) is 5.29. The predicted molar refractivity (Wildman–Crippen MR) is 151 cm³/mol. The average molecular weight is 634 g/mol. The molecule has 3 atom stereocenters. The third kappa shape index (κ3) is 6.20. The average Bonchev–Trinajstić information content (AvgIpc) is 3.64. The molecule has 1 fully saturated rings. The number of alkyl halides is 3. The third-order valence-electron chi connectivity index (χ3n) is 7.31. The quantitative estimate of drug-likeness (QED) is 0.323. The van der Waals surface area contributed by atoms with E-state index >= 15 is 0 Å². The van der Waals surface area contributed by atoms with E-state index < -0.39 is 56.3 Å². The monoisotopic (exact) mass is 633 g/mol. The van der Waals surface area contributed by atoms with Gasteiger partial charge in [0, 0.05) is 11.1 Å². The van der Waals surface area contributed by atoms with E-state index in [-0.39, 0.29) is 41.3 Å². The van der Waals surface area contributed by atoms with Crippen LogP contribution in [-0.4, -0.2) is 57.5 Å². The van der Waals surface area contributed by atoms with Gasteiger partial charge in [0.25, 0.3) is 5.91 Å². The molecular weight excluding hydrogens is 599 g/mol. The van der Waals surface area contributed by atoms with Gasteiger partial charge in [0.2, 0.25) is 5.60 Å². The predicted octanol–water partition coefficient (Wildman–Crippen LogP) is 4.76. The fourth-order valence-corrected chi connectivity index (χ4v) is 5.65. The second-order valence-electron chi connectivity index (χ2n) is 11.8. The summed E-state index contributed by atoms with van der Waals surface area (Å²) in [6.45, 7) is 7.50. The molecule has 9 nitrogen and oxygen atoms in total. The molecule has 2 aromatic rings. The summed E-state index contributed by atoms with van der Waals surface area (Å²) in [4.78, 5) is 16.8. The molecule has 2 heterocycles. The number of ether oxygens (including phenoxy) is 3. The Morgan fingerprint density at radius 1 is 1.24 bits per heavy atom. The molecule has 0 bridgehead atoms. The molecule has 14 heteroatoms. The summed E-state index contributed by atoms with van der Waals surface area (Å²) in [5.41, 5.74) is -5.50. The SMILES string of the molecule is COc1cc(C(=O)NCC(O)(c2cc3c(c(Cl)n2)OCC3(NS(=O)C(C)(C)C)C(C)C)C(F)(F)F)ccc1OC1CC1. The van der Waals surface area contributed by atoms with Crippen LogP contribution >= 0.6 is 11.6 Å². The molecular formula is C28H35ClF3N3O6S. The zero-order valence-corrected chi connectivity index (χ0v) is 25.7. The number of rotatable bonds is 10. The fraction of sp³-hybridized carbons (Fsp3) is 0.571. The Kier molecular flexibility index (Phi) is 8.83. The van der Waals surface area contributed by atoms with Gasteiger partial charge in [0.1, 0.15) is 6.61 Å². The van der Waals surface area contributed by atoms with Gasteiger partial charge in [0.15, 0.2) is 22.4 Å². The van der Waals surface area contributed by atoms with Crippen molar-refractivity contribution in [2.24, 2.45) is 5.92 Å². The van der Waals surface area contributed by atoms with Crippen molar-refractivity contribution in [2.75, 3.05) is 20.3 Å². The maximum Gasteiger partial charge on any atom is 0.424 e. The van der Waals surface area contributed by atoms with Crippen LogP contribution in [0.3, 0.4) is 0 Å². The molecule has 0 radical (unpaired) electrons. The minimum atomic E-state index is -5.27. The van der Waals surface area contributed by atoms with E-state index in [0.29, 0.717) is 5.75 Å². The van der Waals surface area contributed by atoms with E-state index in [0.717, 1.165) is 18.9 Å². The third-order valence-corrected chi connectivity index (χ3v) is 9.23. The number of aromatic nitrogens is 1. The van der Waals surface area contributed by atoms with E-state index in [4.69, 9.17) is 25.8 Å². The Morgan fingerprint density at radius 2 is 1.90 bits per heavy atom. The summed E-state index contributed by atoms with van der Waals surface area (Å²) < 4.78 is 75.8. The number of methoxy groups -OCH3 is 1. The number of benzene rings is 1. The van der Waals surface area contributed by atoms with Crippen molar-refractivity contribution < 1.29 is 41.5 Å². The number of pyridine rings is 1. The molecule has 42 heavy (non-hydrogen) atoms. The summed E-state index contributed by atoms with van der Waals surface area (Å²) in [6.07, 6.45) is -3.41. The lowest BCUT2D eigenvalue weighted by molar-refractivity contribution is -0.265. The highest BCUT2D eigenvalue weighted by molar-refractivity contribution is 7.84. The van der Waals surface area contributed by atoms with Crippen molar-refractivity contribution in [3.8, 4) is 17.2 Å². The molecule has 1 aliphatic carbocycles. The maximum atomic E-state index is 14.5. The van der Waals surface area contributed by atoms with Crippen molar-refractivity contribution in [3.05, 3.63) is 46.2 Å². The topological polar surface area (TPSA) is 119 Å². The van der Waals surface area contributed by atoms with Gasteiger partial charge in [0.05, 0.1) is 46.7 Å². The number of aliphatic hydroxyl groups is 1. The lowest BCUT2D eigenvalue weighted by Crippen LogP contribution is -2.53. The molecule has 1 saturated carbocycles. The van der Waals surface area contributed by atoms with Gasteiger partial charge < -0.3 is 24.6 Å². The van der Waals surface area contributed by atoms with Gasteiger partial charge in [-0.3, -0.25) is 4.79 Å². The number of carbonyl (C=O) groups excluding carboxylic acids is 1. The van der Waals surface area contributed by atoms with Crippen molar-refractivity contribution in [1.82, 2.24) is 15.0 Å². The first-order valence-electron chi connectivity index (χ1n) is 13.4. The van der Waals surface area contributed by atoms with Crippen molar-refractivity contribution in [3.63, 3.8) is 0 Å². The Hall–Kier alpha value is -2.61. The lowest BCUT2D eigenvalue weighted by Gasteiger charge is -2.36. The second-order valence-corrected chi connectivity index (χ2v) is 14.1. The van der Waals surface area contributed by atoms with E-state index in [1.165, 1.54) is 25.3 Å². The number of amides is 1. The van der Waals surface area contributed by atoms with Gasteiger partial charge in [-0.2, -0.15) is 13.2 Å². The van der Waals surface area contributed by atoms with Crippen LogP contribution in [0.4, 0.5) is 13.2 Å². The first-order valence-corrected chi connectivity index (χ1v) is 14.9. The molecule has 0 saturated heterocycles. The van der Waals surface area contributed by atoms with E-state index in [9.17, 15) is 27.3 Å². The zero-order chi connectivity index (χ0) is 31.3. The minimum absolute atomic E-state index is 0.000510. The molecule has 3 unspecified atom stereocenters. The van der Waals surface area contributed by atoms with Crippen LogP contribution < -0.4 is 24.2 Å². The van der Waals surface area contributed by atoms with Crippen LogP contribution in [0, 0.1) is 5.92 Å². The molecule has 1 aromatic carbocycles. The molecule has 0 spiro atoms. The molecule has 1 aromatic heterocycles. The number of hydrogen-bond acceptors (Lipinski definition) is 7. The van der Waals surface area contributed by atoms with Gasteiger partial charge in [-0.25, -0.2) is 13.9 Å². The van der Waals surface area contributed by atoms with E-state index in [1.807, 2.05) is 0 Å². The van der Waals surface area contributed by atoms with Crippen LogP contribution in [0.5, 0.6) is 17.2 Å². The van der Waals surface area contributed by atoms with Gasteiger partial charge in [-0.1, -0.05) is 25.4 Å². The summed E-state index contributed by atoms with van der Waals surface area (Å²) in [5, 5.41) is 12.9. The highest BCUT2D eigenvalue weighted by atomic mass is 35.5. The van der Waals surface area contributed by atoms with Crippen molar-refractivity contribution >= 4 is 28.5 Å². The molecule has 2 aliphatic rings. The number of nitrogens with one attached hydrogen (secondary N) is 2. The highest BCUT2D eigenvalue weighted by Gasteiger charge is 2.58. The van der Waals surface area contributed by atoms with Crippen molar-refractivity contribution in [1.29, 1.82) is 0 Å². The van der Waals surface area contributed by atoms with Gasteiger partial charge >= 0.3 is 6.18 Å². The summed E-state index contributed by atoms with van der Waals surface area (Å²) >= 11 is 6.31. The number of carbonyl (C=O) groups is 1. The second kappa shape index (κ2) is 11.5. The van der Waals surface area contributed by atoms with Crippen LogP contribution in [0.1, 0.15) is 69.1 Å². The number of hydrogen-bond donors (Lipinski definition) is 3.